The maximum absolute atomic E-state index is 11.6. The van der Waals surface area contributed by atoms with Crippen LogP contribution in [0.2, 0.25) is 5.15 Å². The van der Waals surface area contributed by atoms with Crippen molar-refractivity contribution in [2.45, 2.75) is 39.5 Å². The maximum atomic E-state index is 11.6. The molecule has 1 aliphatic heterocycles. The molecule has 0 atom stereocenters. The Morgan fingerprint density at radius 2 is 1.61 bits per heavy atom. The highest BCUT2D eigenvalue weighted by Crippen LogP contribution is 2.40. The normalized spacial score (nSPS) is 15.6. The average molecular weight is 448 g/mol. The van der Waals surface area contributed by atoms with Crippen LogP contribution in [0.3, 0.4) is 0 Å². The third-order valence-corrected chi connectivity index (χ3v) is 5.73. The molecule has 1 N–H and O–H groups in total. The Bertz CT molecular complexity index is 897. The van der Waals surface area contributed by atoms with Gasteiger partial charge in [-0.2, -0.15) is 0 Å². The van der Waals surface area contributed by atoms with Crippen LogP contribution >= 0.6 is 34.8 Å². The minimum absolute atomic E-state index is 0.177. The first-order valence-electron chi connectivity index (χ1n) is 8.56. The van der Waals surface area contributed by atoms with Gasteiger partial charge in [0.15, 0.2) is 0 Å². The second-order valence-corrected chi connectivity index (χ2v) is 7.35. The van der Waals surface area contributed by atoms with Crippen LogP contribution in [0.1, 0.15) is 43.0 Å². The van der Waals surface area contributed by atoms with Gasteiger partial charge in [-0.05, 0) is 49.0 Å². The van der Waals surface area contributed by atoms with E-state index in [0.29, 0.717) is 39.6 Å². The molecule has 0 unspecified atom stereocenters. The molecular weight excluding hydrogens is 427 g/mol. The van der Waals surface area contributed by atoms with E-state index in [0.717, 1.165) is 22.3 Å². The number of carbonyl (C=O) groups is 2. The molecule has 0 spiro atoms. The van der Waals surface area contributed by atoms with Crippen molar-refractivity contribution in [2.24, 2.45) is 4.99 Å². The molecule has 0 aliphatic carbocycles. The smallest absolute Gasteiger partial charge is 0.305 e. The van der Waals surface area contributed by atoms with Crippen molar-refractivity contribution < 1.29 is 19.1 Å². The van der Waals surface area contributed by atoms with E-state index in [4.69, 9.17) is 44.3 Å². The van der Waals surface area contributed by atoms with Gasteiger partial charge in [-0.1, -0.05) is 34.8 Å². The number of ether oxygens (including phenoxy) is 2. The summed E-state index contributed by atoms with van der Waals surface area (Å²) in [4.78, 5) is 30.5. The third-order valence-electron chi connectivity index (χ3n) is 4.62. The summed E-state index contributed by atoms with van der Waals surface area (Å²) in [5.41, 5.74) is 4.17. The van der Waals surface area contributed by atoms with Gasteiger partial charge in [0.05, 0.1) is 30.6 Å². The Morgan fingerprint density at radius 3 is 2.18 bits per heavy atom. The summed E-state index contributed by atoms with van der Waals surface area (Å²) < 4.78 is 9.42. The lowest BCUT2D eigenvalue weighted by molar-refractivity contribution is -0.141. The van der Waals surface area contributed by atoms with Crippen LogP contribution in [0, 0.1) is 6.92 Å². The first-order valence-corrected chi connectivity index (χ1v) is 9.70. The molecule has 6 nitrogen and oxygen atoms in total. The van der Waals surface area contributed by atoms with Gasteiger partial charge in [0, 0.05) is 12.8 Å². The van der Waals surface area contributed by atoms with Crippen molar-refractivity contribution in [3.05, 3.63) is 38.8 Å². The fourth-order valence-electron chi connectivity index (χ4n) is 2.91. The summed E-state index contributed by atoms with van der Waals surface area (Å²) in [6.07, 6.45) is 1.15. The molecule has 1 aromatic heterocycles. The van der Waals surface area contributed by atoms with Crippen molar-refractivity contribution in [3.8, 4) is 0 Å². The number of aliphatic imine (C=N–C) groups is 1. The number of aromatic amines is 1. The van der Waals surface area contributed by atoms with Gasteiger partial charge < -0.3 is 14.5 Å². The van der Waals surface area contributed by atoms with Crippen LogP contribution < -0.4 is 0 Å². The van der Waals surface area contributed by atoms with Crippen LogP contribution in [0.5, 0.6) is 0 Å². The van der Waals surface area contributed by atoms with E-state index < -0.39 is 0 Å². The van der Waals surface area contributed by atoms with Crippen molar-refractivity contribution in [1.29, 1.82) is 0 Å². The highest BCUT2D eigenvalue weighted by Gasteiger charge is 2.26. The van der Waals surface area contributed by atoms with E-state index in [2.05, 4.69) is 9.98 Å². The molecule has 0 radical (unpaired) electrons. The Kier molecular flexibility index (Phi) is 7.75. The number of hydrogen-bond donors (Lipinski definition) is 1. The predicted molar refractivity (Wildman–Crippen MR) is 111 cm³/mol. The molecule has 0 fully saturated rings. The van der Waals surface area contributed by atoms with Gasteiger partial charge in [-0.3, -0.25) is 9.59 Å². The zero-order chi connectivity index (χ0) is 21.0. The largest absolute Gasteiger partial charge is 0.469 e. The number of esters is 2. The molecule has 1 aliphatic rings. The van der Waals surface area contributed by atoms with E-state index in [1.165, 1.54) is 14.2 Å². The molecule has 0 saturated carbocycles. The first kappa shape index (κ1) is 22.5. The monoisotopic (exact) mass is 446 g/mol. The number of rotatable bonds is 7. The van der Waals surface area contributed by atoms with Gasteiger partial charge in [0.2, 0.25) is 0 Å². The standard InChI is InChI=1S/C19H21Cl3N2O4/c1-9-11(5-7-13(25)27-3)16(23-18(9)21)15(20)17-12(6-8-14(26)28-4)10(2)19(22)24-17/h23H,5-8H2,1-4H3/b17-15+. The molecule has 9 heteroatoms. The number of hydrogen-bond acceptors (Lipinski definition) is 5. The van der Waals surface area contributed by atoms with E-state index in [1.54, 1.807) is 0 Å². The average Bonchev–Trinajstić information content (AvgIpc) is 3.13. The van der Waals surface area contributed by atoms with Crippen molar-refractivity contribution in [2.75, 3.05) is 14.2 Å². The summed E-state index contributed by atoms with van der Waals surface area (Å²) in [6, 6.07) is 0. The second kappa shape index (κ2) is 9.63. The highest BCUT2D eigenvalue weighted by molar-refractivity contribution is 6.70. The lowest BCUT2D eigenvalue weighted by atomic mass is 10.0. The number of halogens is 3. The van der Waals surface area contributed by atoms with E-state index in [9.17, 15) is 9.59 Å². The first-order chi connectivity index (χ1) is 13.2. The second-order valence-electron chi connectivity index (χ2n) is 6.24. The number of H-pyrrole nitrogens is 1. The summed E-state index contributed by atoms with van der Waals surface area (Å²) in [6.45, 7) is 3.66. The predicted octanol–water partition coefficient (Wildman–Crippen LogP) is 4.91. The van der Waals surface area contributed by atoms with Crippen LogP contribution in [-0.4, -0.2) is 36.3 Å². The van der Waals surface area contributed by atoms with Gasteiger partial charge >= 0.3 is 11.9 Å². The van der Waals surface area contributed by atoms with Crippen LogP contribution in [0.15, 0.2) is 21.8 Å². The Labute approximate surface area is 178 Å². The topological polar surface area (TPSA) is 80.8 Å². The fraction of sp³-hybridized carbons (Fsp3) is 0.421. The number of nitrogens with one attached hydrogen (secondary N) is 1. The minimum atomic E-state index is -0.337. The lowest BCUT2D eigenvalue weighted by Crippen LogP contribution is -2.04. The van der Waals surface area contributed by atoms with Crippen LogP contribution in [0.4, 0.5) is 0 Å². The van der Waals surface area contributed by atoms with E-state index >= 15 is 0 Å². The van der Waals surface area contributed by atoms with E-state index in [1.807, 2.05) is 13.8 Å². The molecule has 152 valence electrons. The Morgan fingerprint density at radius 1 is 1.04 bits per heavy atom. The zero-order valence-electron chi connectivity index (χ0n) is 16.0. The molecule has 0 aromatic carbocycles. The molecule has 28 heavy (non-hydrogen) atoms. The SMILES string of the molecule is COC(=O)CCC1=C(C)C(Cl)=N/C1=C(/Cl)c1[nH]c(Cl)c(C)c1CCC(=O)OC. The number of allylic oxidation sites excluding steroid dienone is 2. The summed E-state index contributed by atoms with van der Waals surface area (Å²) in [5, 5.41) is 1.07. The van der Waals surface area contributed by atoms with Crippen LogP contribution in [-0.2, 0) is 25.5 Å². The maximum Gasteiger partial charge on any atom is 0.305 e. The van der Waals surface area contributed by atoms with E-state index in [-0.39, 0.29) is 24.8 Å². The quantitative estimate of drug-likeness (QED) is 0.602. The van der Waals surface area contributed by atoms with Gasteiger partial charge in [0.1, 0.15) is 10.3 Å². The Balaban J connectivity index is 2.45. The molecule has 0 bridgehead atoms. The number of nitrogens with zero attached hydrogens (tertiary/aromatic N) is 1. The number of methoxy groups -OCH3 is 2. The summed E-state index contributed by atoms with van der Waals surface area (Å²) in [7, 11) is 2.67. The number of aromatic nitrogens is 1. The minimum Gasteiger partial charge on any atom is -0.469 e. The molecule has 0 amide bonds. The molecule has 0 saturated heterocycles. The highest BCUT2D eigenvalue weighted by atomic mass is 35.5. The van der Waals surface area contributed by atoms with Crippen molar-refractivity contribution in [3.63, 3.8) is 0 Å². The van der Waals surface area contributed by atoms with Crippen molar-refractivity contribution >= 4 is 56.9 Å². The molecule has 2 heterocycles. The Hall–Kier alpha value is -1.76. The third kappa shape index (κ3) is 4.80. The van der Waals surface area contributed by atoms with Crippen LogP contribution in [0.25, 0.3) is 5.03 Å². The zero-order valence-corrected chi connectivity index (χ0v) is 18.3. The molecule has 1 aromatic rings. The molecular formula is C19H21Cl3N2O4. The molecule has 2 rings (SSSR count). The van der Waals surface area contributed by atoms with Gasteiger partial charge in [0.25, 0.3) is 0 Å². The fourth-order valence-corrected chi connectivity index (χ4v) is 3.64. The lowest BCUT2D eigenvalue weighted by Gasteiger charge is -2.10. The van der Waals surface area contributed by atoms with Gasteiger partial charge in [-0.25, -0.2) is 4.99 Å². The summed E-state index contributed by atoms with van der Waals surface area (Å²) >= 11 is 19.2. The van der Waals surface area contributed by atoms with Crippen molar-refractivity contribution in [1.82, 2.24) is 4.98 Å². The number of carbonyl (C=O) groups excluding carboxylic acids is 2. The van der Waals surface area contributed by atoms with Gasteiger partial charge in [-0.15, -0.1) is 0 Å². The summed E-state index contributed by atoms with van der Waals surface area (Å²) in [5.74, 6) is -0.667.